The van der Waals surface area contributed by atoms with Gasteiger partial charge in [-0.25, -0.2) is 0 Å². The third-order valence-electron chi connectivity index (χ3n) is 6.21. The van der Waals surface area contributed by atoms with Crippen molar-refractivity contribution in [3.8, 4) is 0 Å². The third kappa shape index (κ3) is 4.55. The Hall–Kier alpha value is -1.19. The van der Waals surface area contributed by atoms with Crippen LogP contribution in [0.2, 0.25) is 16.6 Å². The normalized spacial score (nSPS) is 19.0. The molecule has 1 aromatic rings. The van der Waals surface area contributed by atoms with Crippen LogP contribution < -0.4 is 0 Å². The van der Waals surface area contributed by atoms with E-state index in [4.69, 9.17) is 4.74 Å². The largest absolute Gasteiger partial charge is 0.373 e. The Morgan fingerprint density at radius 1 is 1.08 bits per heavy atom. The number of carbonyl (C=O) groups is 1. The van der Waals surface area contributed by atoms with Crippen LogP contribution in [0.4, 0.5) is 0 Å². The number of hydrogen-bond acceptors (Lipinski definition) is 2. The summed E-state index contributed by atoms with van der Waals surface area (Å²) in [5.41, 5.74) is 6.31. The van der Waals surface area contributed by atoms with E-state index < -0.39 is 8.07 Å². The van der Waals surface area contributed by atoms with E-state index in [1.165, 1.54) is 0 Å². The van der Waals surface area contributed by atoms with Gasteiger partial charge in [0, 0.05) is 18.6 Å². The monoisotopic (exact) mass is 372 g/mol. The molecule has 0 saturated carbocycles. The van der Waals surface area contributed by atoms with Crippen LogP contribution in [0.3, 0.4) is 0 Å². The average molecular weight is 373 g/mol. The van der Waals surface area contributed by atoms with Crippen LogP contribution in [-0.4, -0.2) is 26.6 Å². The second-order valence-corrected chi connectivity index (χ2v) is 14.4. The summed E-state index contributed by atoms with van der Waals surface area (Å²) in [5, 5.41) is 0. The Kier molecular flexibility index (Phi) is 7.42. The Morgan fingerprint density at radius 2 is 1.65 bits per heavy atom. The molecular weight excluding hydrogens is 336 g/mol. The molecule has 0 aromatic heterocycles. The molecule has 3 heteroatoms. The van der Waals surface area contributed by atoms with Gasteiger partial charge in [0.1, 0.15) is 0 Å². The van der Waals surface area contributed by atoms with Crippen molar-refractivity contribution in [2.75, 3.05) is 6.61 Å². The van der Waals surface area contributed by atoms with Crippen LogP contribution in [0.15, 0.2) is 41.6 Å². The SMILES string of the molecule is CC(C)[Si](/C=C(\C(=O)Cc1ccccc1)C1CCCO1)(C(C)C)C(C)C. The van der Waals surface area contributed by atoms with E-state index in [9.17, 15) is 4.79 Å². The zero-order chi connectivity index (χ0) is 19.3. The van der Waals surface area contributed by atoms with E-state index in [0.29, 0.717) is 23.0 Å². The van der Waals surface area contributed by atoms with E-state index in [2.05, 4.69) is 47.2 Å². The highest BCUT2D eigenvalue weighted by Gasteiger charge is 2.42. The fourth-order valence-corrected chi connectivity index (χ4v) is 10.7. The zero-order valence-electron chi connectivity index (χ0n) is 17.4. The van der Waals surface area contributed by atoms with E-state index in [-0.39, 0.29) is 11.9 Å². The lowest BCUT2D eigenvalue weighted by Crippen LogP contribution is -2.44. The van der Waals surface area contributed by atoms with Gasteiger partial charge in [-0.2, -0.15) is 0 Å². The van der Waals surface area contributed by atoms with E-state index in [0.717, 1.165) is 30.6 Å². The van der Waals surface area contributed by atoms with Crippen molar-refractivity contribution >= 4 is 13.9 Å². The Morgan fingerprint density at radius 3 is 2.12 bits per heavy atom. The predicted octanol–water partition coefficient (Wildman–Crippen LogP) is 6.12. The van der Waals surface area contributed by atoms with E-state index in [1.807, 2.05) is 30.3 Å². The molecular formula is C23H36O2Si. The summed E-state index contributed by atoms with van der Waals surface area (Å²) >= 11 is 0. The van der Waals surface area contributed by atoms with Gasteiger partial charge < -0.3 is 4.74 Å². The maximum atomic E-state index is 13.3. The summed E-state index contributed by atoms with van der Waals surface area (Å²) in [6, 6.07) is 10.1. The molecule has 1 aliphatic heterocycles. The minimum absolute atomic E-state index is 0.00524. The van der Waals surface area contributed by atoms with Crippen molar-refractivity contribution in [1.82, 2.24) is 0 Å². The van der Waals surface area contributed by atoms with Gasteiger partial charge in [-0.05, 0) is 35.0 Å². The highest BCUT2D eigenvalue weighted by Crippen LogP contribution is 2.44. The molecule has 2 nitrogen and oxygen atoms in total. The van der Waals surface area contributed by atoms with Crippen LogP contribution in [-0.2, 0) is 16.0 Å². The molecule has 2 rings (SSSR count). The third-order valence-corrected chi connectivity index (χ3v) is 13.0. The number of ketones is 1. The van der Waals surface area contributed by atoms with Gasteiger partial charge in [0.05, 0.1) is 14.2 Å². The fraction of sp³-hybridized carbons (Fsp3) is 0.609. The molecule has 1 unspecified atom stereocenters. The van der Waals surface area contributed by atoms with Crippen LogP contribution in [0.5, 0.6) is 0 Å². The molecule has 1 fully saturated rings. The molecule has 1 atom stereocenters. The minimum atomic E-state index is -1.80. The van der Waals surface area contributed by atoms with Gasteiger partial charge in [-0.3, -0.25) is 4.79 Å². The van der Waals surface area contributed by atoms with Crippen molar-refractivity contribution in [2.45, 2.75) is 83.5 Å². The van der Waals surface area contributed by atoms with E-state index >= 15 is 0 Å². The van der Waals surface area contributed by atoms with Gasteiger partial charge in [-0.1, -0.05) is 77.6 Å². The molecule has 144 valence electrons. The minimum Gasteiger partial charge on any atom is -0.373 e. The molecule has 0 radical (unpaired) electrons. The lowest BCUT2D eigenvalue weighted by molar-refractivity contribution is -0.116. The summed E-state index contributed by atoms with van der Waals surface area (Å²) in [6.07, 6.45) is 2.51. The summed E-state index contributed by atoms with van der Waals surface area (Å²) in [4.78, 5) is 13.3. The molecule has 0 amide bonds. The maximum absolute atomic E-state index is 13.3. The second kappa shape index (κ2) is 9.14. The smallest absolute Gasteiger partial charge is 0.165 e. The Bertz CT molecular complexity index is 589. The number of carbonyl (C=O) groups excluding carboxylic acids is 1. The van der Waals surface area contributed by atoms with Crippen LogP contribution in [0, 0.1) is 0 Å². The van der Waals surface area contributed by atoms with Crippen molar-refractivity contribution in [2.24, 2.45) is 0 Å². The molecule has 0 bridgehead atoms. The molecule has 0 N–H and O–H groups in total. The topological polar surface area (TPSA) is 26.3 Å². The first kappa shape index (κ1) is 21.1. The van der Waals surface area contributed by atoms with Gasteiger partial charge in [0.25, 0.3) is 0 Å². The number of ether oxygens (including phenoxy) is 1. The van der Waals surface area contributed by atoms with Gasteiger partial charge in [0.15, 0.2) is 5.78 Å². The lowest BCUT2D eigenvalue weighted by Gasteiger charge is -2.41. The quantitative estimate of drug-likeness (QED) is 0.406. The predicted molar refractivity (Wildman–Crippen MR) is 113 cm³/mol. The molecule has 1 heterocycles. The van der Waals surface area contributed by atoms with Crippen LogP contribution in [0.1, 0.15) is 59.9 Å². The fourth-order valence-electron chi connectivity index (χ4n) is 4.83. The van der Waals surface area contributed by atoms with Crippen molar-refractivity contribution in [1.29, 1.82) is 0 Å². The van der Waals surface area contributed by atoms with Crippen LogP contribution in [0.25, 0.3) is 0 Å². The Balaban J connectivity index is 2.45. The van der Waals surface area contributed by atoms with Gasteiger partial charge >= 0.3 is 0 Å². The van der Waals surface area contributed by atoms with Crippen molar-refractivity contribution in [3.05, 3.63) is 47.2 Å². The first-order chi connectivity index (χ1) is 12.3. The van der Waals surface area contributed by atoms with Crippen LogP contribution >= 0.6 is 0 Å². The summed E-state index contributed by atoms with van der Waals surface area (Å²) in [7, 11) is -1.80. The number of hydrogen-bond donors (Lipinski definition) is 0. The molecule has 1 saturated heterocycles. The summed E-state index contributed by atoms with van der Waals surface area (Å²) < 4.78 is 5.99. The molecule has 0 aliphatic carbocycles. The Labute approximate surface area is 161 Å². The van der Waals surface area contributed by atoms with E-state index in [1.54, 1.807) is 0 Å². The summed E-state index contributed by atoms with van der Waals surface area (Å²) in [5.74, 6) is 0.252. The number of rotatable bonds is 8. The molecule has 0 spiro atoms. The highest BCUT2D eigenvalue weighted by molar-refractivity contribution is 6.88. The lowest BCUT2D eigenvalue weighted by atomic mass is 9.99. The van der Waals surface area contributed by atoms with Crippen molar-refractivity contribution in [3.63, 3.8) is 0 Å². The van der Waals surface area contributed by atoms with Gasteiger partial charge in [-0.15, -0.1) is 0 Å². The highest BCUT2D eigenvalue weighted by atomic mass is 28.3. The van der Waals surface area contributed by atoms with Crippen molar-refractivity contribution < 1.29 is 9.53 Å². The number of Topliss-reactive ketones (excluding diaryl/α,β-unsaturated/α-hetero) is 1. The molecule has 1 aromatic carbocycles. The standard InChI is InChI=1S/C23H36O2Si/c1-17(2)26(18(3)4,19(5)6)16-21(23-13-10-14-25-23)22(24)15-20-11-8-7-9-12-20/h7-9,11-12,16-19,23H,10,13-15H2,1-6H3/b21-16+. The second-order valence-electron chi connectivity index (χ2n) is 8.65. The number of benzene rings is 1. The first-order valence-electron chi connectivity index (χ1n) is 10.2. The van der Waals surface area contributed by atoms with Gasteiger partial charge in [0.2, 0.25) is 0 Å². The average Bonchev–Trinajstić information content (AvgIpc) is 3.09. The molecule has 26 heavy (non-hydrogen) atoms. The summed E-state index contributed by atoms with van der Waals surface area (Å²) in [6.45, 7) is 14.8. The maximum Gasteiger partial charge on any atom is 0.165 e. The molecule has 1 aliphatic rings. The first-order valence-corrected chi connectivity index (χ1v) is 12.5. The zero-order valence-corrected chi connectivity index (χ0v) is 18.4.